The van der Waals surface area contributed by atoms with Gasteiger partial charge in [0.1, 0.15) is 11.6 Å². The van der Waals surface area contributed by atoms with E-state index in [-0.39, 0.29) is 42.2 Å². The van der Waals surface area contributed by atoms with Gasteiger partial charge in [-0.1, -0.05) is 45.9 Å². The lowest BCUT2D eigenvalue weighted by Crippen LogP contribution is -2.31. The molecule has 126 valence electrons. The van der Waals surface area contributed by atoms with Crippen molar-refractivity contribution < 1.29 is 14.4 Å². The molecule has 0 N–H and O–H groups in total. The highest BCUT2D eigenvalue weighted by molar-refractivity contribution is 5.96. The second kappa shape index (κ2) is 8.61. The maximum atomic E-state index is 12.2. The first-order chi connectivity index (χ1) is 10.7. The molecule has 0 atom stereocenters. The van der Waals surface area contributed by atoms with Gasteiger partial charge >= 0.3 is 0 Å². The lowest BCUT2D eigenvalue weighted by Gasteiger charge is -2.22. The summed E-state index contributed by atoms with van der Waals surface area (Å²) in [7, 11) is 1.73. The molecule has 1 amide bonds. The minimum absolute atomic E-state index is 0.0138. The Bertz CT molecular complexity index is 576. The molecule has 1 aromatic carbocycles. The van der Waals surface area contributed by atoms with Crippen molar-refractivity contribution in [3.63, 3.8) is 0 Å². The van der Waals surface area contributed by atoms with E-state index in [4.69, 9.17) is 0 Å². The van der Waals surface area contributed by atoms with Crippen molar-refractivity contribution in [2.45, 2.75) is 47.0 Å². The average Bonchev–Trinajstić information content (AvgIpc) is 2.51. The maximum absolute atomic E-state index is 12.2. The number of benzene rings is 1. The Hall–Kier alpha value is -1.97. The molecule has 4 heteroatoms. The number of Topliss-reactive ketones (excluding diaryl/α,β-unsaturated/α-hetero) is 2. The van der Waals surface area contributed by atoms with Crippen LogP contribution in [0.2, 0.25) is 0 Å². The normalized spacial score (nSPS) is 10.9. The van der Waals surface area contributed by atoms with E-state index in [0.29, 0.717) is 6.42 Å². The van der Waals surface area contributed by atoms with Crippen LogP contribution in [0.5, 0.6) is 0 Å². The van der Waals surface area contributed by atoms with Gasteiger partial charge in [0.15, 0.2) is 0 Å². The van der Waals surface area contributed by atoms with Crippen LogP contribution < -0.4 is 4.90 Å². The third kappa shape index (κ3) is 5.62. The lowest BCUT2D eigenvalue weighted by atomic mass is 9.99. The van der Waals surface area contributed by atoms with E-state index in [1.165, 1.54) is 0 Å². The fourth-order valence-corrected chi connectivity index (χ4v) is 2.35. The van der Waals surface area contributed by atoms with E-state index >= 15 is 0 Å². The Morgan fingerprint density at radius 2 is 1.57 bits per heavy atom. The van der Waals surface area contributed by atoms with Gasteiger partial charge in [-0.3, -0.25) is 14.4 Å². The number of carbonyl (C=O) groups is 3. The van der Waals surface area contributed by atoms with Crippen LogP contribution in [0.15, 0.2) is 24.3 Å². The van der Waals surface area contributed by atoms with Crippen molar-refractivity contribution in [1.82, 2.24) is 0 Å². The molecule has 0 spiro atoms. The third-order valence-corrected chi connectivity index (χ3v) is 3.86. The van der Waals surface area contributed by atoms with Crippen LogP contribution in [-0.2, 0) is 20.8 Å². The van der Waals surface area contributed by atoms with Crippen LogP contribution in [0.4, 0.5) is 5.69 Å². The molecule has 0 aliphatic rings. The first kappa shape index (κ1) is 19.1. The number of nitrogens with zero attached hydrogens (tertiary/aromatic N) is 1. The quantitative estimate of drug-likeness (QED) is 0.738. The third-order valence-electron chi connectivity index (χ3n) is 3.86. The Balaban J connectivity index is 2.80. The number of hydrogen-bond donors (Lipinski definition) is 0. The topological polar surface area (TPSA) is 54.5 Å². The van der Waals surface area contributed by atoms with Crippen molar-refractivity contribution in [2.24, 2.45) is 11.8 Å². The molecule has 0 bridgehead atoms. The summed E-state index contributed by atoms with van der Waals surface area (Å²) in [4.78, 5) is 37.6. The smallest absolute Gasteiger partial charge is 0.229 e. The van der Waals surface area contributed by atoms with Crippen LogP contribution in [0.1, 0.15) is 46.1 Å². The highest BCUT2D eigenvalue weighted by Crippen LogP contribution is 2.22. The molecule has 4 nitrogen and oxygen atoms in total. The van der Waals surface area contributed by atoms with Crippen molar-refractivity contribution >= 4 is 23.2 Å². The van der Waals surface area contributed by atoms with E-state index in [9.17, 15) is 14.4 Å². The average molecular weight is 317 g/mol. The zero-order valence-corrected chi connectivity index (χ0v) is 14.8. The van der Waals surface area contributed by atoms with E-state index in [2.05, 4.69) is 0 Å². The van der Waals surface area contributed by atoms with Crippen LogP contribution in [-0.4, -0.2) is 24.5 Å². The van der Waals surface area contributed by atoms with E-state index < -0.39 is 0 Å². The number of para-hydroxylation sites is 1. The summed E-state index contributed by atoms with van der Waals surface area (Å²) in [6.45, 7) is 7.39. The second-order valence-corrected chi connectivity index (χ2v) is 6.52. The van der Waals surface area contributed by atoms with Crippen molar-refractivity contribution in [2.75, 3.05) is 11.9 Å². The van der Waals surface area contributed by atoms with Crippen LogP contribution in [0.3, 0.4) is 0 Å². The fraction of sp³-hybridized carbons (Fsp3) is 0.526. The van der Waals surface area contributed by atoms with Gasteiger partial charge in [-0.2, -0.15) is 0 Å². The molecule has 0 heterocycles. The number of hydrogen-bond acceptors (Lipinski definition) is 3. The summed E-state index contributed by atoms with van der Waals surface area (Å²) in [5.41, 5.74) is 1.58. The summed E-state index contributed by atoms with van der Waals surface area (Å²) in [6.07, 6.45) is 0.796. The molecule has 0 radical (unpaired) electrons. The van der Waals surface area contributed by atoms with Crippen molar-refractivity contribution in [1.29, 1.82) is 0 Å². The van der Waals surface area contributed by atoms with Gasteiger partial charge in [0.05, 0.1) is 0 Å². The molecule has 0 saturated carbocycles. The molecule has 23 heavy (non-hydrogen) atoms. The van der Waals surface area contributed by atoms with Crippen LogP contribution in [0, 0.1) is 11.8 Å². The van der Waals surface area contributed by atoms with Gasteiger partial charge < -0.3 is 4.90 Å². The zero-order valence-electron chi connectivity index (χ0n) is 14.8. The molecule has 1 rings (SSSR count). The molecule has 0 aromatic heterocycles. The number of ketones is 2. The number of rotatable bonds is 8. The van der Waals surface area contributed by atoms with Crippen LogP contribution >= 0.6 is 0 Å². The number of amides is 1. The Morgan fingerprint density at radius 3 is 2.13 bits per heavy atom. The highest BCUT2D eigenvalue weighted by atomic mass is 16.2. The maximum Gasteiger partial charge on any atom is 0.229 e. The molecule has 0 aliphatic heterocycles. The number of carbonyl (C=O) groups excluding carboxylic acids is 3. The Kier molecular flexibility index (Phi) is 7.14. The lowest BCUT2D eigenvalue weighted by molar-refractivity contribution is -0.125. The molecular weight excluding hydrogens is 290 g/mol. The summed E-state index contributed by atoms with van der Waals surface area (Å²) >= 11 is 0. The van der Waals surface area contributed by atoms with Gasteiger partial charge in [0, 0.05) is 43.8 Å². The molecular formula is C19H27NO3. The second-order valence-electron chi connectivity index (χ2n) is 6.52. The summed E-state index contributed by atoms with van der Waals surface area (Å²) in [6, 6.07) is 7.43. The van der Waals surface area contributed by atoms with E-state index in [0.717, 1.165) is 11.3 Å². The van der Waals surface area contributed by atoms with Gasteiger partial charge in [-0.25, -0.2) is 0 Å². The predicted octanol–water partition coefficient (Wildman–Crippen LogP) is 3.42. The fourth-order valence-electron chi connectivity index (χ4n) is 2.35. The van der Waals surface area contributed by atoms with Gasteiger partial charge in [0.2, 0.25) is 5.91 Å². The summed E-state index contributed by atoms with van der Waals surface area (Å²) in [5, 5.41) is 0. The first-order valence-corrected chi connectivity index (χ1v) is 8.14. The predicted molar refractivity (Wildman–Crippen MR) is 92.5 cm³/mol. The van der Waals surface area contributed by atoms with Crippen LogP contribution in [0.25, 0.3) is 0 Å². The first-order valence-electron chi connectivity index (χ1n) is 8.14. The van der Waals surface area contributed by atoms with Crippen molar-refractivity contribution in [3.05, 3.63) is 29.8 Å². The number of anilines is 1. The Labute approximate surface area is 138 Å². The molecule has 1 aromatic rings. The standard InChI is InChI=1S/C19H27NO3/c1-13(2)18(22)11-10-16(21)12-15-8-6-7-9-17(15)20(5)19(23)14(3)4/h6-9,13-14H,10-12H2,1-5H3. The molecule has 0 unspecified atom stereocenters. The summed E-state index contributed by atoms with van der Waals surface area (Å²) < 4.78 is 0. The van der Waals surface area contributed by atoms with Gasteiger partial charge in [0.25, 0.3) is 0 Å². The van der Waals surface area contributed by atoms with E-state index in [1.54, 1.807) is 11.9 Å². The SMILES string of the molecule is CC(C)C(=O)CCC(=O)Cc1ccccc1N(C)C(=O)C(C)C. The monoisotopic (exact) mass is 317 g/mol. The van der Waals surface area contributed by atoms with Gasteiger partial charge in [-0.15, -0.1) is 0 Å². The minimum Gasteiger partial charge on any atom is -0.315 e. The largest absolute Gasteiger partial charge is 0.315 e. The molecule has 0 fully saturated rings. The van der Waals surface area contributed by atoms with Gasteiger partial charge in [-0.05, 0) is 11.6 Å². The molecule has 0 aliphatic carbocycles. The van der Waals surface area contributed by atoms with E-state index in [1.807, 2.05) is 52.0 Å². The highest BCUT2D eigenvalue weighted by Gasteiger charge is 2.18. The van der Waals surface area contributed by atoms with Crippen molar-refractivity contribution in [3.8, 4) is 0 Å². The zero-order chi connectivity index (χ0) is 17.6. The minimum atomic E-state index is -0.104. The summed E-state index contributed by atoms with van der Waals surface area (Å²) in [5.74, 6) is 0.00720. The Morgan fingerprint density at radius 1 is 0.957 bits per heavy atom. The molecule has 0 saturated heterocycles.